The van der Waals surface area contributed by atoms with E-state index in [2.05, 4.69) is 19.8 Å². The zero-order valence-corrected chi connectivity index (χ0v) is 23.9. The zero-order valence-electron chi connectivity index (χ0n) is 22.2. The summed E-state index contributed by atoms with van der Waals surface area (Å²) in [6.45, 7) is -3.09. The van der Waals surface area contributed by atoms with Gasteiger partial charge in [0.25, 0.3) is 5.91 Å². The number of benzene rings is 1. The van der Waals surface area contributed by atoms with Gasteiger partial charge in [0.2, 0.25) is 0 Å². The van der Waals surface area contributed by atoms with Crippen LogP contribution < -0.4 is 10.2 Å². The van der Waals surface area contributed by atoms with Crippen molar-refractivity contribution in [2.45, 2.75) is 50.0 Å². The minimum atomic E-state index is -3.40. The molecule has 1 aliphatic heterocycles. The van der Waals surface area contributed by atoms with Crippen molar-refractivity contribution in [2.24, 2.45) is 0 Å². The van der Waals surface area contributed by atoms with Gasteiger partial charge >= 0.3 is 13.2 Å². The Hall–Kier alpha value is -2.84. The number of aromatic nitrogens is 1. The summed E-state index contributed by atoms with van der Waals surface area (Å²) in [5.41, 5.74) is 0.555. The van der Waals surface area contributed by atoms with Gasteiger partial charge in [-0.05, 0) is 24.1 Å². The lowest BCUT2D eigenvalue weighted by Gasteiger charge is -2.41. The highest BCUT2D eigenvalue weighted by Gasteiger charge is 2.30. The number of thiazole rings is 1. The number of nitrogens with one attached hydrogen (secondary N) is 1. The Morgan fingerprint density at radius 3 is 2.54 bits per heavy atom. The number of nitrogens with zero attached hydrogens (tertiary/aromatic N) is 4. The van der Waals surface area contributed by atoms with Gasteiger partial charge in [-0.1, -0.05) is 30.4 Å². The summed E-state index contributed by atoms with van der Waals surface area (Å²) in [6, 6.07) is 6.75. The molecule has 3 rings (SSSR count). The number of hydrogen-bond acceptors (Lipinski definition) is 10. The molecule has 1 aromatic carbocycles. The van der Waals surface area contributed by atoms with Gasteiger partial charge < -0.3 is 19.7 Å². The molecule has 0 saturated carbocycles. The molecule has 226 valence electrons. The summed E-state index contributed by atoms with van der Waals surface area (Å²) < 4.78 is 83.0. The topological polar surface area (TPSA) is 125 Å². The predicted molar refractivity (Wildman–Crippen MR) is 143 cm³/mol. The first-order valence-corrected chi connectivity index (χ1v) is 15.3. The highest BCUT2D eigenvalue weighted by atomic mass is 32.2. The number of carbonyl (C=O) groups excluding carboxylic acids is 1. The summed E-state index contributed by atoms with van der Waals surface area (Å²) in [7, 11) is -3.40. The molecule has 1 aromatic heterocycles. The summed E-state index contributed by atoms with van der Waals surface area (Å²) in [4.78, 5) is 21.5. The summed E-state index contributed by atoms with van der Waals surface area (Å²) in [6.07, 6.45) is 1.64. The lowest BCUT2D eigenvalue weighted by atomic mass is 10.0. The molecule has 0 unspecified atom stereocenters. The lowest BCUT2D eigenvalue weighted by molar-refractivity contribution is -0.134. The van der Waals surface area contributed by atoms with Crippen LogP contribution in [-0.4, -0.2) is 88.6 Å². The Bertz CT molecular complexity index is 1270. The number of sulfone groups is 1. The molecule has 16 heteroatoms. The first-order chi connectivity index (χ1) is 19.5. The van der Waals surface area contributed by atoms with Crippen molar-refractivity contribution in [3.8, 4) is 6.07 Å². The fourth-order valence-electron chi connectivity index (χ4n) is 4.31. The third-order valence-electron chi connectivity index (χ3n) is 6.43. The second-order valence-corrected chi connectivity index (χ2v) is 12.4. The summed E-state index contributed by atoms with van der Waals surface area (Å²) >= 11 is 1.05. The highest BCUT2D eigenvalue weighted by molar-refractivity contribution is 7.91. The van der Waals surface area contributed by atoms with E-state index in [0.29, 0.717) is 43.3 Å². The number of halogens is 4. The van der Waals surface area contributed by atoms with E-state index in [1.54, 1.807) is 17.0 Å². The van der Waals surface area contributed by atoms with Gasteiger partial charge in [0, 0.05) is 26.2 Å². The van der Waals surface area contributed by atoms with Gasteiger partial charge in [0.1, 0.15) is 4.88 Å². The number of nitriles is 1. The zero-order chi connectivity index (χ0) is 30.0. The molecule has 2 atom stereocenters. The molecule has 1 aliphatic rings. The van der Waals surface area contributed by atoms with Crippen LogP contribution in [0.4, 0.5) is 22.7 Å². The van der Waals surface area contributed by atoms with Crippen molar-refractivity contribution in [2.75, 3.05) is 50.0 Å². The Morgan fingerprint density at radius 2 is 1.90 bits per heavy atom. The van der Waals surface area contributed by atoms with Crippen molar-refractivity contribution in [1.82, 2.24) is 15.2 Å². The Kier molecular flexibility index (Phi) is 12.3. The number of piperazine rings is 1. The Morgan fingerprint density at radius 1 is 1.20 bits per heavy atom. The second kappa shape index (κ2) is 15.4. The van der Waals surface area contributed by atoms with E-state index in [4.69, 9.17) is 0 Å². The number of anilines is 1. The second-order valence-electron chi connectivity index (χ2n) is 9.09. The molecule has 0 spiro atoms. The monoisotopic (exact) mass is 621 g/mol. The quantitative estimate of drug-likeness (QED) is 0.234. The van der Waals surface area contributed by atoms with Crippen molar-refractivity contribution in [3.05, 3.63) is 40.9 Å². The molecule has 1 amide bonds. The third kappa shape index (κ3) is 9.60. The maximum atomic E-state index is 13.1. The van der Waals surface area contributed by atoms with Crippen LogP contribution in [0.1, 0.15) is 41.0 Å². The van der Waals surface area contributed by atoms with Gasteiger partial charge in [-0.2, -0.15) is 22.8 Å². The number of amides is 1. The van der Waals surface area contributed by atoms with Crippen LogP contribution >= 0.6 is 11.3 Å². The third-order valence-corrected chi connectivity index (χ3v) is 9.21. The number of carbonyl (C=O) groups is 1. The number of rotatable bonds is 15. The van der Waals surface area contributed by atoms with E-state index in [9.17, 15) is 36.0 Å². The molecule has 10 nitrogen and oxygen atoms in total. The van der Waals surface area contributed by atoms with Gasteiger partial charge in [0.15, 0.2) is 15.0 Å². The summed E-state index contributed by atoms with van der Waals surface area (Å²) in [5, 5.41) is 12.5. The molecule has 41 heavy (non-hydrogen) atoms. The average molecular weight is 622 g/mol. The standard InChI is InChI=1S/C25H31F4N5O5S2/c1-2-41(36,37)19-6-4-17(5-7-19)20(8-9-30)32-22(35)21-14-31-25(40-21)34-12-11-33(10-3-13-38-23(26)27)15-18(34)16-39-24(28)29/h4-7,14,18,20,23-24H,2-3,8,10-13,15-16H2,1H3,(H,32,35)/t18-,20-/m0/s1. The van der Waals surface area contributed by atoms with Crippen molar-refractivity contribution < 1.29 is 40.2 Å². The van der Waals surface area contributed by atoms with E-state index in [1.807, 2.05) is 11.0 Å². The average Bonchev–Trinajstić information content (AvgIpc) is 3.44. The Labute approximate surface area is 239 Å². The van der Waals surface area contributed by atoms with E-state index in [1.165, 1.54) is 25.3 Å². The summed E-state index contributed by atoms with van der Waals surface area (Å²) in [5.74, 6) is -0.559. The fourth-order valence-corrected chi connectivity index (χ4v) is 6.11. The molecule has 1 saturated heterocycles. The molecule has 1 N–H and O–H groups in total. The number of alkyl halides is 4. The fraction of sp³-hybridized carbons (Fsp3) is 0.560. The first-order valence-electron chi connectivity index (χ1n) is 12.8. The van der Waals surface area contributed by atoms with Crippen LogP contribution in [0.25, 0.3) is 0 Å². The van der Waals surface area contributed by atoms with Gasteiger partial charge in [0.05, 0.1) is 54.6 Å². The number of ether oxygens (including phenoxy) is 2. The van der Waals surface area contributed by atoms with E-state index < -0.39 is 41.1 Å². The van der Waals surface area contributed by atoms with Crippen molar-refractivity contribution in [1.29, 1.82) is 5.26 Å². The molecule has 1 fully saturated rings. The highest BCUT2D eigenvalue weighted by Crippen LogP contribution is 2.28. The van der Waals surface area contributed by atoms with Gasteiger partial charge in [-0.3, -0.25) is 9.69 Å². The Balaban J connectivity index is 1.68. The molecular weight excluding hydrogens is 590 g/mol. The molecule has 2 aromatic rings. The van der Waals surface area contributed by atoms with Crippen LogP contribution in [0.2, 0.25) is 0 Å². The minimum absolute atomic E-state index is 0.0567. The van der Waals surface area contributed by atoms with Crippen LogP contribution in [0, 0.1) is 11.3 Å². The normalized spacial score (nSPS) is 17.1. The van der Waals surface area contributed by atoms with Crippen molar-refractivity contribution >= 4 is 32.2 Å². The molecular formula is C25H31F4N5O5S2. The van der Waals surface area contributed by atoms with Gasteiger partial charge in [-0.15, -0.1) is 0 Å². The number of hydrogen-bond donors (Lipinski definition) is 1. The van der Waals surface area contributed by atoms with E-state index in [0.717, 1.165) is 11.3 Å². The molecule has 2 heterocycles. The van der Waals surface area contributed by atoms with Crippen LogP contribution in [-0.2, 0) is 19.3 Å². The largest absolute Gasteiger partial charge is 0.345 e. The van der Waals surface area contributed by atoms with Crippen LogP contribution in [0.5, 0.6) is 0 Å². The van der Waals surface area contributed by atoms with E-state index >= 15 is 0 Å². The lowest BCUT2D eigenvalue weighted by Crippen LogP contribution is -2.55. The molecule has 0 bridgehead atoms. The molecule has 0 aliphatic carbocycles. The smallest absolute Gasteiger partial charge is 0.343 e. The maximum Gasteiger partial charge on any atom is 0.345 e. The minimum Gasteiger partial charge on any atom is -0.343 e. The SMILES string of the molecule is CCS(=O)(=O)c1ccc([C@H](CC#N)NC(=O)c2cnc(N3CCN(CCCOC(F)F)C[C@H]3COC(F)F)s2)cc1. The predicted octanol–water partition coefficient (Wildman–Crippen LogP) is 3.68. The van der Waals surface area contributed by atoms with Crippen LogP contribution in [0.3, 0.4) is 0 Å². The van der Waals surface area contributed by atoms with E-state index in [-0.39, 0.29) is 35.2 Å². The maximum absolute atomic E-state index is 13.1. The van der Waals surface area contributed by atoms with Crippen molar-refractivity contribution in [3.63, 3.8) is 0 Å². The first kappa shape index (κ1) is 32.7. The molecule has 0 radical (unpaired) electrons. The van der Waals surface area contributed by atoms with Gasteiger partial charge in [-0.25, -0.2) is 13.4 Å². The van der Waals surface area contributed by atoms with Crippen LogP contribution in [0.15, 0.2) is 35.4 Å².